The van der Waals surface area contributed by atoms with Crippen molar-refractivity contribution in [3.63, 3.8) is 0 Å². The normalized spacial score (nSPS) is 11.8. The Labute approximate surface area is 198 Å². The molecule has 0 aliphatic carbocycles. The molecule has 168 valence electrons. The summed E-state index contributed by atoms with van der Waals surface area (Å²) in [5.41, 5.74) is 4.96. The van der Waals surface area contributed by atoms with Crippen LogP contribution in [-0.4, -0.2) is 31.7 Å². The predicted octanol–water partition coefficient (Wildman–Crippen LogP) is 5.46. The van der Waals surface area contributed by atoms with Crippen LogP contribution in [0.15, 0.2) is 78.2 Å². The summed E-state index contributed by atoms with van der Waals surface area (Å²) in [5, 5.41) is 12.8. The van der Waals surface area contributed by atoms with Crippen molar-refractivity contribution >= 4 is 17.7 Å². The third-order valence-corrected chi connectivity index (χ3v) is 6.44. The second-order valence-electron chi connectivity index (χ2n) is 7.98. The molecule has 4 rings (SSSR count). The molecule has 6 nitrogen and oxygen atoms in total. The van der Waals surface area contributed by atoms with Gasteiger partial charge in [-0.15, -0.1) is 10.2 Å². The van der Waals surface area contributed by atoms with Crippen LogP contribution < -0.4 is 5.32 Å². The predicted molar refractivity (Wildman–Crippen MR) is 133 cm³/mol. The number of carbonyl (C=O) groups is 1. The lowest BCUT2D eigenvalue weighted by atomic mass is 10.1. The lowest BCUT2D eigenvalue weighted by Gasteiger charge is -2.12. The minimum atomic E-state index is -0.0374. The molecule has 4 aromatic rings. The molecule has 0 aliphatic rings. The molecule has 1 unspecified atom stereocenters. The summed E-state index contributed by atoms with van der Waals surface area (Å²) < 4.78 is 2.08. The van der Waals surface area contributed by atoms with E-state index in [-0.39, 0.29) is 11.9 Å². The standard InChI is InChI=1S/C26H27N5OS/c1-4-19(3)28-25(32)22-9-7-20(8-10-22)17-33-26-30-29-24(21-13-15-27-16-14-21)31(26)23-11-5-18(2)6-12-23/h5-16,19H,4,17H2,1-3H3,(H,28,32). The molecule has 33 heavy (non-hydrogen) atoms. The summed E-state index contributed by atoms with van der Waals surface area (Å²) in [6.45, 7) is 6.14. The van der Waals surface area contributed by atoms with E-state index in [1.54, 1.807) is 24.2 Å². The highest BCUT2D eigenvalue weighted by Crippen LogP contribution is 2.29. The molecule has 1 N–H and O–H groups in total. The van der Waals surface area contributed by atoms with Gasteiger partial charge in [0.15, 0.2) is 11.0 Å². The van der Waals surface area contributed by atoms with E-state index in [2.05, 4.69) is 63.2 Å². The highest BCUT2D eigenvalue weighted by Gasteiger charge is 2.16. The monoisotopic (exact) mass is 457 g/mol. The van der Waals surface area contributed by atoms with Gasteiger partial charge < -0.3 is 5.32 Å². The van der Waals surface area contributed by atoms with Crippen molar-refractivity contribution in [1.29, 1.82) is 0 Å². The maximum Gasteiger partial charge on any atom is 0.251 e. The molecule has 2 aromatic carbocycles. The molecular weight excluding hydrogens is 430 g/mol. The Morgan fingerprint density at radius 3 is 2.36 bits per heavy atom. The number of nitrogens with one attached hydrogen (secondary N) is 1. The first-order valence-electron chi connectivity index (χ1n) is 11.0. The molecule has 1 amide bonds. The van der Waals surface area contributed by atoms with Gasteiger partial charge in [0, 0.05) is 41.0 Å². The maximum absolute atomic E-state index is 12.3. The molecule has 0 spiro atoms. The Kier molecular flexibility index (Phi) is 7.19. The van der Waals surface area contributed by atoms with Crippen LogP contribution in [0.5, 0.6) is 0 Å². The van der Waals surface area contributed by atoms with Gasteiger partial charge >= 0.3 is 0 Å². The van der Waals surface area contributed by atoms with Crippen LogP contribution >= 0.6 is 11.8 Å². The second-order valence-corrected chi connectivity index (χ2v) is 8.92. The lowest BCUT2D eigenvalue weighted by Crippen LogP contribution is -2.31. The molecule has 0 saturated heterocycles. The van der Waals surface area contributed by atoms with E-state index in [0.29, 0.717) is 11.3 Å². The number of hydrogen-bond acceptors (Lipinski definition) is 5. The van der Waals surface area contributed by atoms with E-state index < -0.39 is 0 Å². The Morgan fingerprint density at radius 1 is 1.00 bits per heavy atom. The highest BCUT2D eigenvalue weighted by atomic mass is 32.2. The summed E-state index contributed by atoms with van der Waals surface area (Å²) in [6, 6.07) is 20.1. The van der Waals surface area contributed by atoms with Gasteiger partial charge in [0.2, 0.25) is 0 Å². The fourth-order valence-electron chi connectivity index (χ4n) is 3.29. The third-order valence-electron chi connectivity index (χ3n) is 5.44. The van der Waals surface area contributed by atoms with Crippen molar-refractivity contribution in [3.8, 4) is 17.1 Å². The zero-order valence-corrected chi connectivity index (χ0v) is 19.8. The molecule has 0 radical (unpaired) electrons. The quantitative estimate of drug-likeness (QED) is 0.356. The first kappa shape index (κ1) is 22.7. The average Bonchev–Trinajstić information content (AvgIpc) is 3.28. The van der Waals surface area contributed by atoms with E-state index in [1.807, 2.05) is 43.3 Å². The van der Waals surface area contributed by atoms with Crippen LogP contribution in [0, 0.1) is 6.92 Å². The zero-order chi connectivity index (χ0) is 23.2. The van der Waals surface area contributed by atoms with Crippen molar-refractivity contribution in [3.05, 3.63) is 89.7 Å². The third kappa shape index (κ3) is 5.49. The molecule has 0 bridgehead atoms. The second kappa shape index (κ2) is 10.4. The zero-order valence-electron chi connectivity index (χ0n) is 19.0. The van der Waals surface area contributed by atoms with Gasteiger partial charge in [0.1, 0.15) is 0 Å². The van der Waals surface area contributed by atoms with Crippen LogP contribution in [0.3, 0.4) is 0 Å². The topological polar surface area (TPSA) is 72.7 Å². The molecule has 0 aliphatic heterocycles. The first-order chi connectivity index (χ1) is 16.0. The number of hydrogen-bond donors (Lipinski definition) is 1. The SMILES string of the molecule is CCC(C)NC(=O)c1ccc(CSc2nnc(-c3ccncc3)n2-c2ccc(C)cc2)cc1. The molecule has 7 heteroatoms. The summed E-state index contributed by atoms with van der Waals surface area (Å²) in [6.07, 6.45) is 4.42. The summed E-state index contributed by atoms with van der Waals surface area (Å²) in [7, 11) is 0. The Hall–Kier alpha value is -3.45. The van der Waals surface area contributed by atoms with Crippen LogP contribution in [0.2, 0.25) is 0 Å². The van der Waals surface area contributed by atoms with Crippen LogP contribution in [-0.2, 0) is 5.75 Å². The minimum Gasteiger partial charge on any atom is -0.350 e. The number of amides is 1. The number of nitrogens with zero attached hydrogens (tertiary/aromatic N) is 4. The van der Waals surface area contributed by atoms with E-state index in [4.69, 9.17) is 0 Å². The van der Waals surface area contributed by atoms with Gasteiger partial charge in [-0.05, 0) is 62.2 Å². The van der Waals surface area contributed by atoms with Crippen molar-refractivity contribution in [2.24, 2.45) is 0 Å². The molecule has 0 saturated carbocycles. The summed E-state index contributed by atoms with van der Waals surface area (Å²) in [5.74, 6) is 1.46. The molecule has 2 aromatic heterocycles. The Balaban J connectivity index is 1.55. The van der Waals surface area contributed by atoms with Crippen LogP contribution in [0.1, 0.15) is 41.8 Å². The molecule has 1 atom stereocenters. The van der Waals surface area contributed by atoms with Crippen LogP contribution in [0.4, 0.5) is 0 Å². The van der Waals surface area contributed by atoms with Gasteiger partial charge in [-0.1, -0.05) is 48.5 Å². The van der Waals surface area contributed by atoms with Crippen molar-refractivity contribution < 1.29 is 4.79 Å². The number of rotatable bonds is 8. The minimum absolute atomic E-state index is 0.0374. The van der Waals surface area contributed by atoms with E-state index in [0.717, 1.165) is 34.2 Å². The van der Waals surface area contributed by atoms with E-state index in [1.165, 1.54) is 5.56 Å². The maximum atomic E-state index is 12.3. The van der Waals surface area contributed by atoms with Crippen molar-refractivity contribution in [1.82, 2.24) is 25.1 Å². The number of carbonyl (C=O) groups excluding carboxylic acids is 1. The number of benzene rings is 2. The number of thioether (sulfide) groups is 1. The fraction of sp³-hybridized carbons (Fsp3) is 0.231. The van der Waals surface area contributed by atoms with Crippen molar-refractivity contribution in [2.75, 3.05) is 0 Å². The number of aryl methyl sites for hydroxylation is 1. The van der Waals surface area contributed by atoms with Gasteiger partial charge in [-0.3, -0.25) is 14.3 Å². The Bertz CT molecular complexity index is 1200. The van der Waals surface area contributed by atoms with Gasteiger partial charge in [-0.25, -0.2) is 0 Å². The van der Waals surface area contributed by atoms with Gasteiger partial charge in [0.25, 0.3) is 5.91 Å². The largest absolute Gasteiger partial charge is 0.350 e. The van der Waals surface area contributed by atoms with E-state index >= 15 is 0 Å². The number of aromatic nitrogens is 4. The highest BCUT2D eigenvalue weighted by molar-refractivity contribution is 7.98. The fourth-order valence-corrected chi connectivity index (χ4v) is 4.20. The molecular formula is C26H27N5OS. The van der Waals surface area contributed by atoms with E-state index in [9.17, 15) is 4.79 Å². The van der Waals surface area contributed by atoms with Gasteiger partial charge in [0.05, 0.1) is 0 Å². The summed E-state index contributed by atoms with van der Waals surface area (Å²) in [4.78, 5) is 16.4. The smallest absolute Gasteiger partial charge is 0.251 e. The average molecular weight is 458 g/mol. The first-order valence-corrected chi connectivity index (χ1v) is 12.0. The van der Waals surface area contributed by atoms with Crippen LogP contribution in [0.25, 0.3) is 17.1 Å². The van der Waals surface area contributed by atoms with Gasteiger partial charge in [-0.2, -0.15) is 0 Å². The number of pyridine rings is 1. The lowest BCUT2D eigenvalue weighted by molar-refractivity contribution is 0.0939. The molecule has 0 fully saturated rings. The van der Waals surface area contributed by atoms with Crippen molar-refractivity contribution in [2.45, 2.75) is 44.1 Å². The summed E-state index contributed by atoms with van der Waals surface area (Å²) >= 11 is 1.62. The Morgan fingerprint density at radius 2 is 1.70 bits per heavy atom. The molecule has 2 heterocycles.